The summed E-state index contributed by atoms with van der Waals surface area (Å²) in [7, 11) is 0. The van der Waals surface area contributed by atoms with Crippen molar-refractivity contribution in [1.29, 1.82) is 0 Å². The number of carbonyl (C=O) groups is 1. The molecule has 1 rings (SSSR count). The van der Waals surface area contributed by atoms with Crippen LogP contribution < -0.4 is 0 Å². The molecular formula is C11H9BrClF3O. The van der Waals surface area contributed by atoms with Crippen LogP contribution >= 0.6 is 27.5 Å². The van der Waals surface area contributed by atoms with Crippen LogP contribution in [0, 0.1) is 0 Å². The van der Waals surface area contributed by atoms with Gasteiger partial charge in [-0.25, -0.2) is 0 Å². The minimum absolute atomic E-state index is 0.0468. The van der Waals surface area contributed by atoms with Crippen molar-refractivity contribution in [2.24, 2.45) is 0 Å². The minimum Gasteiger partial charge on any atom is -0.298 e. The fourth-order valence-corrected chi connectivity index (χ4v) is 1.81. The molecule has 0 atom stereocenters. The minimum atomic E-state index is -4.39. The Morgan fingerprint density at radius 3 is 2.41 bits per heavy atom. The molecule has 1 aromatic rings. The Morgan fingerprint density at radius 1 is 1.29 bits per heavy atom. The van der Waals surface area contributed by atoms with E-state index in [1.54, 1.807) is 0 Å². The fraction of sp³-hybridized carbons (Fsp3) is 0.364. The molecule has 0 fully saturated rings. The van der Waals surface area contributed by atoms with Gasteiger partial charge in [-0.2, -0.15) is 13.2 Å². The highest BCUT2D eigenvalue weighted by Crippen LogP contribution is 2.31. The molecular weight excluding hydrogens is 320 g/mol. The fourth-order valence-electron chi connectivity index (χ4n) is 1.36. The molecule has 94 valence electrons. The molecule has 0 bridgehead atoms. The van der Waals surface area contributed by atoms with E-state index in [1.807, 2.05) is 0 Å². The van der Waals surface area contributed by atoms with E-state index in [2.05, 4.69) is 15.9 Å². The van der Waals surface area contributed by atoms with Gasteiger partial charge in [0.15, 0.2) is 0 Å². The first-order valence-corrected chi connectivity index (χ1v) is 6.36. The molecule has 17 heavy (non-hydrogen) atoms. The van der Waals surface area contributed by atoms with Crippen molar-refractivity contribution in [3.05, 3.63) is 34.9 Å². The quantitative estimate of drug-likeness (QED) is 0.765. The molecule has 0 saturated carbocycles. The second kappa shape index (κ2) is 5.87. The van der Waals surface area contributed by atoms with E-state index in [4.69, 9.17) is 11.6 Å². The highest BCUT2D eigenvalue weighted by atomic mass is 79.9. The number of alkyl halides is 5. The smallest absolute Gasteiger partial charge is 0.298 e. The van der Waals surface area contributed by atoms with Crippen molar-refractivity contribution in [3.8, 4) is 0 Å². The first-order valence-electron chi connectivity index (χ1n) is 4.71. The van der Waals surface area contributed by atoms with E-state index in [9.17, 15) is 18.0 Å². The van der Waals surface area contributed by atoms with Gasteiger partial charge in [0.05, 0.1) is 10.9 Å². The zero-order valence-electron chi connectivity index (χ0n) is 8.65. The van der Waals surface area contributed by atoms with E-state index in [-0.39, 0.29) is 23.4 Å². The summed E-state index contributed by atoms with van der Waals surface area (Å²) in [6, 6.07) is 3.26. The third kappa shape index (κ3) is 4.00. The summed E-state index contributed by atoms with van der Waals surface area (Å²) < 4.78 is 37.3. The summed E-state index contributed by atoms with van der Waals surface area (Å²) in [4.78, 5) is 11.2. The van der Waals surface area contributed by atoms with Crippen LogP contribution in [0.25, 0.3) is 0 Å². The Labute approximate surface area is 110 Å². The number of ketones is 1. The molecule has 1 aromatic carbocycles. The first kappa shape index (κ1) is 14.5. The zero-order valence-corrected chi connectivity index (χ0v) is 11.0. The SMILES string of the molecule is O=C(CBr)Cc1ccc(C(F)(F)F)cc1CCl. The lowest BCUT2D eigenvalue weighted by atomic mass is 10.0. The van der Waals surface area contributed by atoms with Crippen molar-refractivity contribution in [3.63, 3.8) is 0 Å². The van der Waals surface area contributed by atoms with Gasteiger partial charge < -0.3 is 0 Å². The maximum atomic E-state index is 12.4. The molecule has 0 spiro atoms. The Kier molecular flexibility index (Phi) is 5.01. The maximum absolute atomic E-state index is 12.4. The van der Waals surface area contributed by atoms with Crippen LogP contribution in [-0.4, -0.2) is 11.1 Å². The Hall–Kier alpha value is -0.550. The van der Waals surface area contributed by atoms with E-state index < -0.39 is 11.7 Å². The lowest BCUT2D eigenvalue weighted by Crippen LogP contribution is -2.09. The van der Waals surface area contributed by atoms with Gasteiger partial charge >= 0.3 is 6.18 Å². The lowest BCUT2D eigenvalue weighted by molar-refractivity contribution is -0.137. The number of hydrogen-bond donors (Lipinski definition) is 0. The maximum Gasteiger partial charge on any atom is 0.416 e. The molecule has 0 saturated heterocycles. The van der Waals surface area contributed by atoms with Gasteiger partial charge in [0.1, 0.15) is 5.78 Å². The van der Waals surface area contributed by atoms with E-state index in [0.29, 0.717) is 11.1 Å². The van der Waals surface area contributed by atoms with Crippen molar-refractivity contribution >= 4 is 33.3 Å². The molecule has 0 amide bonds. The van der Waals surface area contributed by atoms with Crippen LogP contribution in [0.4, 0.5) is 13.2 Å². The average Bonchev–Trinajstić information content (AvgIpc) is 2.27. The number of carbonyl (C=O) groups excluding carboxylic acids is 1. The first-order chi connectivity index (χ1) is 7.88. The summed E-state index contributed by atoms with van der Waals surface area (Å²) in [5, 5.41) is 0.176. The standard InChI is InChI=1S/C11H9BrClF3O/c12-5-10(17)4-7-1-2-9(11(14,15)16)3-8(7)6-13/h1-3H,4-6H2. The largest absolute Gasteiger partial charge is 0.416 e. The molecule has 0 radical (unpaired) electrons. The van der Waals surface area contributed by atoms with Crippen LogP contribution in [0.3, 0.4) is 0 Å². The molecule has 0 N–H and O–H groups in total. The van der Waals surface area contributed by atoms with Gasteiger partial charge in [-0.3, -0.25) is 4.79 Å². The Balaban J connectivity index is 3.06. The molecule has 0 heterocycles. The summed E-state index contributed by atoms with van der Waals surface area (Å²) in [6.07, 6.45) is -4.30. The third-order valence-electron chi connectivity index (χ3n) is 2.21. The van der Waals surface area contributed by atoms with Gasteiger partial charge in [-0.15, -0.1) is 11.6 Å². The van der Waals surface area contributed by atoms with Gasteiger partial charge in [0.25, 0.3) is 0 Å². The lowest BCUT2D eigenvalue weighted by Gasteiger charge is -2.11. The second-order valence-corrected chi connectivity index (χ2v) is 4.29. The van der Waals surface area contributed by atoms with Crippen LogP contribution in [0.15, 0.2) is 18.2 Å². The van der Waals surface area contributed by atoms with Crippen molar-refractivity contribution in [2.45, 2.75) is 18.5 Å². The van der Waals surface area contributed by atoms with Crippen LogP contribution in [0.1, 0.15) is 16.7 Å². The monoisotopic (exact) mass is 328 g/mol. The van der Waals surface area contributed by atoms with E-state index in [1.165, 1.54) is 6.07 Å². The Bertz CT molecular complexity index is 418. The molecule has 6 heteroatoms. The molecule has 0 aromatic heterocycles. The van der Waals surface area contributed by atoms with Crippen LogP contribution in [0.2, 0.25) is 0 Å². The predicted octanol–water partition coefficient (Wildman–Crippen LogP) is 3.95. The zero-order chi connectivity index (χ0) is 13.1. The summed E-state index contributed by atoms with van der Waals surface area (Å²) in [6.45, 7) is 0. The topological polar surface area (TPSA) is 17.1 Å². The molecule has 0 aliphatic heterocycles. The molecule has 0 aliphatic carbocycles. The number of hydrogen-bond acceptors (Lipinski definition) is 1. The number of rotatable bonds is 4. The normalized spacial score (nSPS) is 11.6. The van der Waals surface area contributed by atoms with Crippen molar-refractivity contribution in [2.75, 3.05) is 5.33 Å². The van der Waals surface area contributed by atoms with E-state index >= 15 is 0 Å². The number of halogens is 5. The highest BCUT2D eigenvalue weighted by Gasteiger charge is 2.30. The molecule has 0 aliphatic rings. The van der Waals surface area contributed by atoms with Crippen molar-refractivity contribution in [1.82, 2.24) is 0 Å². The summed E-state index contributed by atoms with van der Waals surface area (Å²) >= 11 is 8.59. The Morgan fingerprint density at radius 2 is 1.94 bits per heavy atom. The molecule has 0 unspecified atom stereocenters. The average molecular weight is 330 g/mol. The van der Waals surface area contributed by atoms with Gasteiger partial charge in [-0.1, -0.05) is 22.0 Å². The molecule has 1 nitrogen and oxygen atoms in total. The van der Waals surface area contributed by atoms with Gasteiger partial charge in [0, 0.05) is 12.3 Å². The van der Waals surface area contributed by atoms with Gasteiger partial charge in [0.2, 0.25) is 0 Å². The second-order valence-electron chi connectivity index (χ2n) is 3.46. The predicted molar refractivity (Wildman–Crippen MR) is 63.5 cm³/mol. The number of benzene rings is 1. The summed E-state index contributed by atoms with van der Waals surface area (Å²) in [5.74, 6) is -0.148. The van der Waals surface area contributed by atoms with Crippen LogP contribution in [-0.2, 0) is 23.3 Å². The van der Waals surface area contributed by atoms with Crippen molar-refractivity contribution < 1.29 is 18.0 Å². The van der Waals surface area contributed by atoms with Crippen LogP contribution in [0.5, 0.6) is 0 Å². The number of Topliss-reactive ketones (excluding diaryl/α,β-unsaturated/α-hetero) is 1. The summed E-state index contributed by atoms with van der Waals surface area (Å²) in [5.41, 5.74) is 0.136. The third-order valence-corrected chi connectivity index (χ3v) is 3.13. The van der Waals surface area contributed by atoms with E-state index in [0.717, 1.165) is 12.1 Å². The van der Waals surface area contributed by atoms with Gasteiger partial charge in [-0.05, 0) is 23.3 Å². The highest BCUT2D eigenvalue weighted by molar-refractivity contribution is 9.09.